The average molecular weight is 345 g/mol. The molecule has 2 N–H and O–H groups in total. The molecule has 0 spiro atoms. The number of aliphatic carboxylic acids is 1. The standard InChI is InChI=1S/C17H13BrO3/c18-15-10-12(9-13(11-15)6-8-17(20)21)5-7-14-3-1-2-4-16(14)19/h1-11,19H,(H,20,21)/b7-5+,8-6+. The summed E-state index contributed by atoms with van der Waals surface area (Å²) in [5, 5.41) is 18.4. The number of hydrogen-bond acceptors (Lipinski definition) is 2. The highest BCUT2D eigenvalue weighted by molar-refractivity contribution is 9.10. The van der Waals surface area contributed by atoms with Crippen molar-refractivity contribution in [2.45, 2.75) is 0 Å². The van der Waals surface area contributed by atoms with Crippen LogP contribution in [0.4, 0.5) is 0 Å². The first-order chi connectivity index (χ1) is 10.0. The number of carbonyl (C=O) groups is 1. The third kappa shape index (κ3) is 4.61. The molecule has 2 rings (SSSR count). The average Bonchev–Trinajstić information content (AvgIpc) is 2.44. The Morgan fingerprint density at radius 2 is 1.67 bits per heavy atom. The van der Waals surface area contributed by atoms with Gasteiger partial charge in [0, 0.05) is 16.1 Å². The van der Waals surface area contributed by atoms with Crippen molar-refractivity contribution in [2.75, 3.05) is 0 Å². The second-order valence-corrected chi connectivity index (χ2v) is 5.30. The molecule has 0 radical (unpaired) electrons. The molecule has 0 aliphatic carbocycles. The van der Waals surface area contributed by atoms with Crippen LogP contribution in [0.5, 0.6) is 5.75 Å². The van der Waals surface area contributed by atoms with E-state index in [1.54, 1.807) is 12.1 Å². The predicted octanol–water partition coefficient (Wildman–Crippen LogP) is 4.42. The fourth-order valence-electron chi connectivity index (χ4n) is 1.81. The zero-order valence-electron chi connectivity index (χ0n) is 11.0. The number of hydrogen-bond donors (Lipinski definition) is 2. The second kappa shape index (κ2) is 6.90. The molecule has 106 valence electrons. The first-order valence-electron chi connectivity index (χ1n) is 6.22. The molecular weight excluding hydrogens is 332 g/mol. The van der Waals surface area contributed by atoms with E-state index in [2.05, 4.69) is 15.9 Å². The van der Waals surface area contributed by atoms with Crippen LogP contribution in [-0.2, 0) is 4.79 Å². The van der Waals surface area contributed by atoms with Gasteiger partial charge in [0.05, 0.1) is 0 Å². The summed E-state index contributed by atoms with van der Waals surface area (Å²) in [5.74, 6) is -0.768. The zero-order chi connectivity index (χ0) is 15.2. The Balaban J connectivity index is 2.28. The molecule has 21 heavy (non-hydrogen) atoms. The normalized spacial score (nSPS) is 11.3. The summed E-state index contributed by atoms with van der Waals surface area (Å²) in [6, 6.07) is 12.7. The van der Waals surface area contributed by atoms with E-state index in [4.69, 9.17) is 5.11 Å². The minimum Gasteiger partial charge on any atom is -0.507 e. The Kier molecular flexibility index (Phi) is 4.95. The third-order valence-corrected chi connectivity index (χ3v) is 3.21. The lowest BCUT2D eigenvalue weighted by molar-refractivity contribution is -0.131. The van der Waals surface area contributed by atoms with Crippen LogP contribution < -0.4 is 0 Å². The summed E-state index contributed by atoms with van der Waals surface area (Å²) >= 11 is 3.40. The van der Waals surface area contributed by atoms with Crippen molar-refractivity contribution in [3.05, 3.63) is 69.7 Å². The lowest BCUT2D eigenvalue weighted by atomic mass is 10.1. The van der Waals surface area contributed by atoms with E-state index in [-0.39, 0.29) is 5.75 Å². The van der Waals surface area contributed by atoms with Gasteiger partial charge in [-0.2, -0.15) is 0 Å². The van der Waals surface area contributed by atoms with Gasteiger partial charge in [0.1, 0.15) is 5.75 Å². The van der Waals surface area contributed by atoms with Crippen LogP contribution >= 0.6 is 15.9 Å². The summed E-state index contributed by atoms with van der Waals surface area (Å²) < 4.78 is 0.854. The first-order valence-corrected chi connectivity index (χ1v) is 7.01. The first kappa shape index (κ1) is 15.1. The molecule has 3 nitrogen and oxygen atoms in total. The third-order valence-electron chi connectivity index (χ3n) is 2.75. The number of phenolic OH excluding ortho intramolecular Hbond substituents is 1. The van der Waals surface area contributed by atoms with Crippen LogP contribution in [0.25, 0.3) is 18.2 Å². The largest absolute Gasteiger partial charge is 0.507 e. The predicted molar refractivity (Wildman–Crippen MR) is 87.8 cm³/mol. The maximum atomic E-state index is 10.6. The molecule has 0 bridgehead atoms. The Morgan fingerprint density at radius 1 is 1.00 bits per heavy atom. The molecule has 0 heterocycles. The van der Waals surface area contributed by atoms with Crippen molar-refractivity contribution in [3.63, 3.8) is 0 Å². The smallest absolute Gasteiger partial charge is 0.328 e. The Morgan fingerprint density at radius 3 is 2.33 bits per heavy atom. The van der Waals surface area contributed by atoms with Crippen LogP contribution in [0.2, 0.25) is 0 Å². The van der Waals surface area contributed by atoms with E-state index in [0.29, 0.717) is 0 Å². The van der Waals surface area contributed by atoms with E-state index < -0.39 is 5.97 Å². The van der Waals surface area contributed by atoms with Gasteiger partial charge in [0.15, 0.2) is 0 Å². The molecule has 0 aliphatic rings. The van der Waals surface area contributed by atoms with E-state index in [1.807, 2.05) is 42.5 Å². The maximum absolute atomic E-state index is 10.6. The Hall–Kier alpha value is -2.33. The van der Waals surface area contributed by atoms with Crippen molar-refractivity contribution in [1.29, 1.82) is 0 Å². The van der Waals surface area contributed by atoms with Crippen LogP contribution in [-0.4, -0.2) is 16.2 Å². The molecule has 0 aliphatic heterocycles. The topological polar surface area (TPSA) is 57.5 Å². The number of phenols is 1. The molecule has 0 saturated heterocycles. The van der Waals surface area contributed by atoms with Crippen molar-refractivity contribution in [2.24, 2.45) is 0 Å². The molecule has 4 heteroatoms. The van der Waals surface area contributed by atoms with Crippen molar-refractivity contribution < 1.29 is 15.0 Å². The molecular formula is C17H13BrO3. The van der Waals surface area contributed by atoms with E-state index >= 15 is 0 Å². The number of benzene rings is 2. The van der Waals surface area contributed by atoms with Crippen molar-refractivity contribution >= 4 is 40.1 Å². The van der Waals surface area contributed by atoms with Gasteiger partial charge >= 0.3 is 5.97 Å². The summed E-state index contributed by atoms with van der Waals surface area (Å²) in [7, 11) is 0. The molecule has 0 unspecified atom stereocenters. The minimum absolute atomic E-state index is 0.217. The summed E-state index contributed by atoms with van der Waals surface area (Å²) in [5.41, 5.74) is 2.40. The summed E-state index contributed by atoms with van der Waals surface area (Å²) in [6.07, 6.45) is 6.29. The quantitative estimate of drug-likeness (QED) is 0.637. The fourth-order valence-corrected chi connectivity index (χ4v) is 2.34. The van der Waals surface area contributed by atoms with Gasteiger partial charge in [-0.25, -0.2) is 4.79 Å². The van der Waals surface area contributed by atoms with E-state index in [1.165, 1.54) is 6.08 Å². The van der Waals surface area contributed by atoms with Gasteiger partial charge in [-0.05, 0) is 41.5 Å². The van der Waals surface area contributed by atoms with Crippen LogP contribution in [0.1, 0.15) is 16.7 Å². The number of carboxylic acids is 1. The van der Waals surface area contributed by atoms with Gasteiger partial charge < -0.3 is 10.2 Å². The molecule has 2 aromatic rings. The van der Waals surface area contributed by atoms with Crippen molar-refractivity contribution in [3.8, 4) is 5.75 Å². The number of rotatable bonds is 4. The molecule has 2 aromatic carbocycles. The highest BCUT2D eigenvalue weighted by Crippen LogP contribution is 2.21. The highest BCUT2D eigenvalue weighted by Gasteiger charge is 1.98. The summed E-state index contributed by atoms with van der Waals surface area (Å²) in [6.45, 7) is 0. The Labute approximate surface area is 131 Å². The minimum atomic E-state index is -0.985. The second-order valence-electron chi connectivity index (χ2n) is 4.38. The van der Waals surface area contributed by atoms with E-state index in [9.17, 15) is 9.90 Å². The van der Waals surface area contributed by atoms with Gasteiger partial charge in [-0.3, -0.25) is 0 Å². The van der Waals surface area contributed by atoms with Crippen LogP contribution in [0.15, 0.2) is 53.0 Å². The lowest BCUT2D eigenvalue weighted by Crippen LogP contribution is -1.86. The number of para-hydroxylation sites is 1. The number of halogens is 1. The monoisotopic (exact) mass is 344 g/mol. The zero-order valence-corrected chi connectivity index (χ0v) is 12.6. The highest BCUT2D eigenvalue weighted by atomic mass is 79.9. The summed E-state index contributed by atoms with van der Waals surface area (Å²) in [4.78, 5) is 10.6. The van der Waals surface area contributed by atoms with Gasteiger partial charge in [-0.1, -0.05) is 46.3 Å². The van der Waals surface area contributed by atoms with Crippen LogP contribution in [0.3, 0.4) is 0 Å². The van der Waals surface area contributed by atoms with Crippen LogP contribution in [0, 0.1) is 0 Å². The molecule has 0 aromatic heterocycles. The van der Waals surface area contributed by atoms with Gasteiger partial charge in [-0.15, -0.1) is 0 Å². The number of aromatic hydroxyl groups is 1. The number of carboxylic acid groups (broad SMARTS) is 1. The van der Waals surface area contributed by atoms with Crippen molar-refractivity contribution in [1.82, 2.24) is 0 Å². The molecule has 0 atom stereocenters. The maximum Gasteiger partial charge on any atom is 0.328 e. The van der Waals surface area contributed by atoms with Gasteiger partial charge in [0.2, 0.25) is 0 Å². The van der Waals surface area contributed by atoms with Gasteiger partial charge in [0.25, 0.3) is 0 Å². The molecule has 0 saturated carbocycles. The fraction of sp³-hybridized carbons (Fsp3) is 0. The lowest BCUT2D eigenvalue weighted by Gasteiger charge is -2.01. The van der Waals surface area contributed by atoms with E-state index in [0.717, 1.165) is 27.2 Å². The molecule has 0 amide bonds. The Bertz CT molecular complexity index is 718. The SMILES string of the molecule is O=C(O)/C=C/c1cc(Br)cc(/C=C/c2ccccc2O)c1. The molecule has 0 fully saturated rings.